The Kier molecular flexibility index (Phi) is 5.24. The Bertz CT molecular complexity index is 696. The van der Waals surface area contributed by atoms with Crippen molar-refractivity contribution in [2.75, 3.05) is 0 Å². The third-order valence-corrected chi connectivity index (χ3v) is 3.38. The maximum atomic E-state index is 12.9. The summed E-state index contributed by atoms with van der Waals surface area (Å²) < 4.78 is 14.6. The monoisotopic (exact) mass is 298 g/mol. The van der Waals surface area contributed by atoms with Crippen LogP contribution in [-0.4, -0.2) is 14.7 Å². The number of hydrogen-bond acceptors (Lipinski definition) is 4. The molecule has 0 saturated carbocycles. The van der Waals surface area contributed by atoms with Crippen molar-refractivity contribution in [1.29, 1.82) is 10.5 Å². The lowest BCUT2D eigenvalue weighted by Gasteiger charge is -2.15. The van der Waals surface area contributed by atoms with E-state index in [1.54, 1.807) is 17.0 Å². The Balaban J connectivity index is 2.16. The lowest BCUT2D eigenvalue weighted by molar-refractivity contribution is 0.203. The standard InChI is InChI=1S/C16H15FN4O/c17-14-5-3-13(4-6-14)15(22)16-20-8-9-21(16)11-12(10-19)2-1-7-18/h3-6,8-9,12,15,22H,1-2,11H2/t12-,15+/m1/s1. The van der Waals surface area contributed by atoms with E-state index >= 15 is 0 Å². The Morgan fingerprint density at radius 3 is 2.64 bits per heavy atom. The molecule has 0 aliphatic carbocycles. The second kappa shape index (κ2) is 7.35. The Morgan fingerprint density at radius 2 is 2.00 bits per heavy atom. The number of aliphatic hydroxyl groups is 1. The van der Waals surface area contributed by atoms with E-state index in [1.807, 2.05) is 6.07 Å². The minimum absolute atomic E-state index is 0.308. The van der Waals surface area contributed by atoms with Gasteiger partial charge in [0.25, 0.3) is 0 Å². The van der Waals surface area contributed by atoms with Crippen molar-refractivity contribution >= 4 is 0 Å². The fraction of sp³-hybridized carbons (Fsp3) is 0.312. The van der Waals surface area contributed by atoms with Crippen LogP contribution in [0.2, 0.25) is 0 Å². The van der Waals surface area contributed by atoms with Gasteiger partial charge in [0, 0.05) is 25.4 Å². The fourth-order valence-corrected chi connectivity index (χ4v) is 2.19. The van der Waals surface area contributed by atoms with Crippen molar-refractivity contribution in [1.82, 2.24) is 9.55 Å². The molecule has 0 amide bonds. The molecule has 0 bridgehead atoms. The molecule has 0 fully saturated rings. The van der Waals surface area contributed by atoms with E-state index in [1.165, 1.54) is 24.3 Å². The highest BCUT2D eigenvalue weighted by Crippen LogP contribution is 2.22. The summed E-state index contributed by atoms with van der Waals surface area (Å²) in [7, 11) is 0. The summed E-state index contributed by atoms with van der Waals surface area (Å²) >= 11 is 0. The third-order valence-electron chi connectivity index (χ3n) is 3.38. The second-order valence-electron chi connectivity index (χ2n) is 4.91. The van der Waals surface area contributed by atoms with Gasteiger partial charge < -0.3 is 9.67 Å². The van der Waals surface area contributed by atoms with E-state index in [2.05, 4.69) is 11.1 Å². The maximum absolute atomic E-state index is 12.9. The first-order chi connectivity index (χ1) is 10.7. The number of rotatable bonds is 6. The van der Waals surface area contributed by atoms with Crippen molar-refractivity contribution < 1.29 is 9.50 Å². The van der Waals surface area contributed by atoms with Crippen LogP contribution in [0.3, 0.4) is 0 Å². The lowest BCUT2D eigenvalue weighted by Crippen LogP contribution is -2.14. The number of aromatic nitrogens is 2. The van der Waals surface area contributed by atoms with E-state index < -0.39 is 6.10 Å². The van der Waals surface area contributed by atoms with Gasteiger partial charge in [-0.3, -0.25) is 0 Å². The summed E-state index contributed by atoms with van der Waals surface area (Å²) in [6, 6.07) is 9.72. The summed E-state index contributed by atoms with van der Waals surface area (Å²) in [5.41, 5.74) is 0.527. The van der Waals surface area contributed by atoms with Crippen molar-refractivity contribution in [3.63, 3.8) is 0 Å². The Morgan fingerprint density at radius 1 is 1.27 bits per heavy atom. The number of aliphatic hydroxyl groups excluding tert-OH is 1. The molecular weight excluding hydrogens is 283 g/mol. The molecule has 2 rings (SSSR count). The molecule has 5 nitrogen and oxygen atoms in total. The van der Waals surface area contributed by atoms with E-state index in [4.69, 9.17) is 10.5 Å². The van der Waals surface area contributed by atoms with Gasteiger partial charge in [0.15, 0.2) is 0 Å². The largest absolute Gasteiger partial charge is 0.380 e. The van der Waals surface area contributed by atoms with E-state index in [0.29, 0.717) is 30.8 Å². The predicted octanol–water partition coefficient (Wildman–Crippen LogP) is 2.55. The molecule has 1 aromatic carbocycles. The summed E-state index contributed by atoms with van der Waals surface area (Å²) in [4.78, 5) is 4.13. The molecule has 1 heterocycles. The van der Waals surface area contributed by atoms with Crippen LogP contribution in [-0.2, 0) is 6.54 Å². The molecule has 2 atom stereocenters. The minimum Gasteiger partial charge on any atom is -0.380 e. The van der Waals surface area contributed by atoms with Gasteiger partial charge in [0.05, 0.1) is 18.1 Å². The first-order valence-corrected chi connectivity index (χ1v) is 6.87. The van der Waals surface area contributed by atoms with Crippen LogP contribution in [0.15, 0.2) is 36.7 Å². The van der Waals surface area contributed by atoms with Gasteiger partial charge >= 0.3 is 0 Å². The SMILES string of the molecule is N#CCC[C@H](C#N)Cn1ccnc1[C@@H](O)c1ccc(F)cc1. The molecular formula is C16H15FN4O. The molecule has 0 unspecified atom stereocenters. The van der Waals surface area contributed by atoms with Crippen LogP contribution in [0, 0.1) is 34.4 Å². The highest BCUT2D eigenvalue weighted by atomic mass is 19.1. The molecule has 1 aromatic heterocycles. The molecule has 0 aliphatic heterocycles. The summed E-state index contributed by atoms with van der Waals surface area (Å²) in [6.45, 7) is 0.353. The molecule has 0 spiro atoms. The fourth-order valence-electron chi connectivity index (χ4n) is 2.19. The van der Waals surface area contributed by atoms with Crippen LogP contribution < -0.4 is 0 Å². The van der Waals surface area contributed by atoms with Gasteiger partial charge in [-0.2, -0.15) is 10.5 Å². The summed E-state index contributed by atoms with van der Waals surface area (Å²) in [6.07, 6.45) is 3.01. The van der Waals surface area contributed by atoms with Crippen LogP contribution in [0.5, 0.6) is 0 Å². The van der Waals surface area contributed by atoms with Crippen molar-refractivity contribution in [3.8, 4) is 12.1 Å². The molecule has 0 radical (unpaired) electrons. The van der Waals surface area contributed by atoms with E-state index in [9.17, 15) is 9.50 Å². The van der Waals surface area contributed by atoms with E-state index in [0.717, 1.165) is 0 Å². The first kappa shape index (κ1) is 15.7. The molecule has 2 aromatic rings. The molecule has 1 N–H and O–H groups in total. The van der Waals surface area contributed by atoms with Gasteiger partial charge in [-0.1, -0.05) is 12.1 Å². The predicted molar refractivity (Wildman–Crippen MR) is 76.6 cm³/mol. The van der Waals surface area contributed by atoms with Gasteiger partial charge in [0.1, 0.15) is 17.7 Å². The average molecular weight is 298 g/mol. The lowest BCUT2D eigenvalue weighted by atomic mass is 10.0. The van der Waals surface area contributed by atoms with E-state index in [-0.39, 0.29) is 11.7 Å². The maximum Gasteiger partial charge on any atom is 0.142 e. The third kappa shape index (κ3) is 3.69. The minimum atomic E-state index is -0.995. The Labute approximate surface area is 127 Å². The molecule has 0 aliphatic rings. The topological polar surface area (TPSA) is 85.6 Å². The number of hydrogen-bond donors (Lipinski definition) is 1. The van der Waals surface area contributed by atoms with Gasteiger partial charge in [0.2, 0.25) is 0 Å². The van der Waals surface area contributed by atoms with Gasteiger partial charge in [-0.25, -0.2) is 9.37 Å². The summed E-state index contributed by atoms with van der Waals surface area (Å²) in [5, 5.41) is 28.1. The molecule has 112 valence electrons. The number of halogens is 1. The average Bonchev–Trinajstić information content (AvgIpc) is 2.99. The number of benzene rings is 1. The van der Waals surface area contributed by atoms with Gasteiger partial charge in [-0.05, 0) is 24.1 Å². The zero-order valence-corrected chi connectivity index (χ0v) is 11.9. The Hall–Kier alpha value is -2.70. The first-order valence-electron chi connectivity index (χ1n) is 6.87. The molecule has 22 heavy (non-hydrogen) atoms. The highest BCUT2D eigenvalue weighted by molar-refractivity contribution is 5.23. The number of nitrogens with zero attached hydrogens (tertiary/aromatic N) is 4. The van der Waals surface area contributed by atoms with Crippen molar-refractivity contribution in [3.05, 3.63) is 53.9 Å². The number of nitriles is 2. The highest BCUT2D eigenvalue weighted by Gasteiger charge is 2.18. The zero-order chi connectivity index (χ0) is 15.9. The van der Waals surface area contributed by atoms with Crippen LogP contribution >= 0.6 is 0 Å². The normalized spacial score (nSPS) is 13.1. The van der Waals surface area contributed by atoms with Crippen LogP contribution in [0.4, 0.5) is 4.39 Å². The molecule has 6 heteroatoms. The zero-order valence-electron chi connectivity index (χ0n) is 11.9. The second-order valence-corrected chi connectivity index (χ2v) is 4.91. The van der Waals surface area contributed by atoms with Crippen molar-refractivity contribution in [2.45, 2.75) is 25.5 Å². The van der Waals surface area contributed by atoms with Crippen molar-refractivity contribution in [2.24, 2.45) is 5.92 Å². The quantitative estimate of drug-likeness (QED) is 0.888. The number of imidazole rings is 1. The van der Waals surface area contributed by atoms with Gasteiger partial charge in [-0.15, -0.1) is 0 Å². The molecule has 0 saturated heterocycles. The van der Waals surface area contributed by atoms with Crippen LogP contribution in [0.25, 0.3) is 0 Å². The summed E-state index contributed by atoms with van der Waals surface area (Å²) in [5.74, 6) is -0.308. The smallest absolute Gasteiger partial charge is 0.142 e. The van der Waals surface area contributed by atoms with Crippen LogP contribution in [0.1, 0.15) is 30.3 Å².